The maximum atomic E-state index is 12.7. The second kappa shape index (κ2) is 9.07. The number of carboxylic acids is 1. The summed E-state index contributed by atoms with van der Waals surface area (Å²) in [6, 6.07) is 4.97. The molecule has 116 valence electrons. The van der Waals surface area contributed by atoms with Crippen LogP contribution in [0.3, 0.4) is 0 Å². The fourth-order valence-corrected chi connectivity index (χ4v) is 1.86. The number of carbonyl (C=O) groups excluding carboxylic acids is 1. The zero-order valence-electron chi connectivity index (χ0n) is 12.0. The maximum Gasteiger partial charge on any atom is 0.326 e. The fraction of sp³-hybridized carbons (Fsp3) is 0.467. The molecular formula is C15H20FNO4. The Bertz CT molecular complexity index is 461. The molecule has 0 heterocycles. The minimum Gasteiger partial charge on any atom is -0.480 e. The van der Waals surface area contributed by atoms with E-state index in [1.54, 1.807) is 12.1 Å². The first-order chi connectivity index (χ1) is 10.0. The summed E-state index contributed by atoms with van der Waals surface area (Å²) in [7, 11) is 1.54. The number of hydrogen-bond acceptors (Lipinski definition) is 3. The van der Waals surface area contributed by atoms with Crippen molar-refractivity contribution in [3.8, 4) is 0 Å². The van der Waals surface area contributed by atoms with Crippen molar-refractivity contribution in [2.75, 3.05) is 13.7 Å². The molecule has 0 spiro atoms. The average molecular weight is 297 g/mol. The first-order valence-electron chi connectivity index (χ1n) is 6.78. The fourth-order valence-electron chi connectivity index (χ4n) is 1.86. The molecule has 1 amide bonds. The van der Waals surface area contributed by atoms with Crippen LogP contribution in [0.25, 0.3) is 0 Å². The zero-order chi connectivity index (χ0) is 15.7. The van der Waals surface area contributed by atoms with E-state index in [1.807, 2.05) is 0 Å². The summed E-state index contributed by atoms with van der Waals surface area (Å²) in [5, 5.41) is 11.5. The van der Waals surface area contributed by atoms with E-state index in [0.29, 0.717) is 25.9 Å². The van der Waals surface area contributed by atoms with Gasteiger partial charge in [-0.15, -0.1) is 0 Å². The molecule has 1 unspecified atom stereocenters. The van der Waals surface area contributed by atoms with Crippen LogP contribution in [-0.2, 0) is 20.7 Å². The van der Waals surface area contributed by atoms with Crippen molar-refractivity contribution in [3.05, 3.63) is 35.6 Å². The summed E-state index contributed by atoms with van der Waals surface area (Å²) >= 11 is 0. The van der Waals surface area contributed by atoms with Gasteiger partial charge in [0.2, 0.25) is 5.91 Å². The average Bonchev–Trinajstić information content (AvgIpc) is 2.45. The van der Waals surface area contributed by atoms with Gasteiger partial charge < -0.3 is 15.2 Å². The Balaban J connectivity index is 2.39. The van der Waals surface area contributed by atoms with Crippen LogP contribution >= 0.6 is 0 Å². The number of benzene rings is 1. The molecular weight excluding hydrogens is 277 g/mol. The monoisotopic (exact) mass is 297 g/mol. The van der Waals surface area contributed by atoms with Crippen LogP contribution in [0.2, 0.25) is 0 Å². The Hall–Kier alpha value is -1.95. The number of hydrogen-bond donors (Lipinski definition) is 2. The number of amides is 1. The topological polar surface area (TPSA) is 75.6 Å². The van der Waals surface area contributed by atoms with E-state index in [4.69, 9.17) is 9.84 Å². The third-order valence-electron chi connectivity index (χ3n) is 3.03. The van der Waals surface area contributed by atoms with Gasteiger partial charge in [-0.3, -0.25) is 4.79 Å². The van der Waals surface area contributed by atoms with Gasteiger partial charge in [0.05, 0.1) is 0 Å². The lowest BCUT2D eigenvalue weighted by molar-refractivity contribution is -0.142. The minimum atomic E-state index is -1.05. The molecule has 0 bridgehead atoms. The van der Waals surface area contributed by atoms with E-state index in [-0.39, 0.29) is 18.1 Å². The minimum absolute atomic E-state index is 0.166. The van der Waals surface area contributed by atoms with E-state index >= 15 is 0 Å². The lowest BCUT2D eigenvalue weighted by atomic mass is 10.1. The number of aryl methyl sites for hydroxylation is 1. The van der Waals surface area contributed by atoms with Gasteiger partial charge in [0, 0.05) is 20.1 Å². The lowest BCUT2D eigenvalue weighted by Crippen LogP contribution is -2.41. The molecule has 5 nitrogen and oxygen atoms in total. The first kappa shape index (κ1) is 17.1. The highest BCUT2D eigenvalue weighted by molar-refractivity contribution is 5.83. The van der Waals surface area contributed by atoms with E-state index < -0.39 is 12.0 Å². The molecule has 0 aliphatic heterocycles. The standard InChI is InChI=1S/C15H20FNO4/c1-21-10-2-3-13(15(19)20)17-14(18)9-6-11-4-7-12(16)8-5-11/h4-5,7-8,13H,2-3,6,9-10H2,1H3,(H,17,18)(H,19,20). The van der Waals surface area contributed by atoms with Gasteiger partial charge in [-0.25, -0.2) is 9.18 Å². The molecule has 2 N–H and O–H groups in total. The SMILES string of the molecule is COCCCC(NC(=O)CCc1ccc(F)cc1)C(=O)O. The predicted octanol–water partition coefficient (Wildman–Crippen LogP) is 1.75. The van der Waals surface area contributed by atoms with Crippen LogP contribution in [-0.4, -0.2) is 36.7 Å². The lowest BCUT2D eigenvalue weighted by Gasteiger charge is -2.14. The van der Waals surface area contributed by atoms with Gasteiger partial charge in [0.15, 0.2) is 0 Å². The van der Waals surface area contributed by atoms with Crippen molar-refractivity contribution >= 4 is 11.9 Å². The van der Waals surface area contributed by atoms with Crippen molar-refractivity contribution in [2.24, 2.45) is 0 Å². The molecule has 1 aromatic carbocycles. The molecule has 0 saturated carbocycles. The maximum absolute atomic E-state index is 12.7. The van der Waals surface area contributed by atoms with Gasteiger partial charge >= 0.3 is 5.97 Å². The van der Waals surface area contributed by atoms with Crippen molar-refractivity contribution in [3.63, 3.8) is 0 Å². The number of rotatable bonds is 9. The first-order valence-corrected chi connectivity index (χ1v) is 6.78. The summed E-state index contributed by atoms with van der Waals surface area (Å²) in [4.78, 5) is 22.8. The van der Waals surface area contributed by atoms with Gasteiger partial charge in [-0.2, -0.15) is 0 Å². The molecule has 0 fully saturated rings. The number of carbonyl (C=O) groups is 2. The zero-order valence-corrected chi connectivity index (χ0v) is 12.0. The Morgan fingerprint density at radius 3 is 2.57 bits per heavy atom. The van der Waals surface area contributed by atoms with Crippen molar-refractivity contribution < 1.29 is 23.8 Å². The van der Waals surface area contributed by atoms with Crippen LogP contribution in [0, 0.1) is 5.82 Å². The van der Waals surface area contributed by atoms with Gasteiger partial charge in [0.1, 0.15) is 11.9 Å². The van der Waals surface area contributed by atoms with Crippen LogP contribution < -0.4 is 5.32 Å². The van der Waals surface area contributed by atoms with E-state index in [9.17, 15) is 14.0 Å². The summed E-state index contributed by atoms with van der Waals surface area (Å²) in [5.41, 5.74) is 0.831. The summed E-state index contributed by atoms with van der Waals surface area (Å²) in [5.74, 6) is -1.71. The number of halogens is 1. The van der Waals surface area contributed by atoms with Crippen molar-refractivity contribution in [2.45, 2.75) is 31.7 Å². The molecule has 0 aliphatic carbocycles. The van der Waals surface area contributed by atoms with Crippen LogP contribution in [0.5, 0.6) is 0 Å². The second-order valence-electron chi connectivity index (χ2n) is 4.72. The van der Waals surface area contributed by atoms with E-state index in [2.05, 4.69) is 5.32 Å². The Morgan fingerprint density at radius 1 is 1.33 bits per heavy atom. The normalized spacial score (nSPS) is 11.9. The molecule has 21 heavy (non-hydrogen) atoms. The highest BCUT2D eigenvalue weighted by Crippen LogP contribution is 2.06. The molecule has 1 atom stereocenters. The molecule has 0 aliphatic rings. The summed E-state index contributed by atoms with van der Waals surface area (Å²) in [6.07, 6.45) is 1.49. The highest BCUT2D eigenvalue weighted by atomic mass is 19.1. The van der Waals surface area contributed by atoms with Crippen molar-refractivity contribution in [1.82, 2.24) is 5.32 Å². The number of aliphatic carboxylic acids is 1. The van der Waals surface area contributed by atoms with Crippen molar-refractivity contribution in [1.29, 1.82) is 0 Å². The van der Waals surface area contributed by atoms with Crippen LogP contribution in [0.1, 0.15) is 24.8 Å². The highest BCUT2D eigenvalue weighted by Gasteiger charge is 2.19. The summed E-state index contributed by atoms with van der Waals surface area (Å²) < 4.78 is 17.6. The van der Waals surface area contributed by atoms with Crippen LogP contribution in [0.15, 0.2) is 24.3 Å². The quantitative estimate of drug-likeness (QED) is 0.681. The third kappa shape index (κ3) is 6.85. The Labute approximate surface area is 123 Å². The smallest absolute Gasteiger partial charge is 0.326 e. The van der Waals surface area contributed by atoms with Gasteiger partial charge in [-0.1, -0.05) is 12.1 Å². The van der Waals surface area contributed by atoms with Gasteiger partial charge in [0.25, 0.3) is 0 Å². The van der Waals surface area contributed by atoms with Gasteiger partial charge in [-0.05, 0) is 37.0 Å². The number of nitrogens with one attached hydrogen (secondary N) is 1. The third-order valence-corrected chi connectivity index (χ3v) is 3.03. The molecule has 1 aromatic rings. The Morgan fingerprint density at radius 2 is 2.00 bits per heavy atom. The number of methoxy groups -OCH3 is 1. The molecule has 0 aromatic heterocycles. The summed E-state index contributed by atoms with van der Waals surface area (Å²) in [6.45, 7) is 0.454. The Kier molecular flexibility index (Phi) is 7.39. The van der Waals surface area contributed by atoms with E-state index in [0.717, 1.165) is 5.56 Å². The molecule has 6 heteroatoms. The second-order valence-corrected chi connectivity index (χ2v) is 4.72. The van der Waals surface area contributed by atoms with E-state index in [1.165, 1.54) is 19.2 Å². The molecule has 1 rings (SSSR count). The number of carboxylic acid groups (broad SMARTS) is 1. The molecule has 0 saturated heterocycles. The largest absolute Gasteiger partial charge is 0.480 e. The molecule has 0 radical (unpaired) electrons. The van der Waals surface area contributed by atoms with Crippen LogP contribution in [0.4, 0.5) is 4.39 Å². The predicted molar refractivity (Wildman–Crippen MR) is 75.4 cm³/mol. The number of ether oxygens (including phenoxy) is 1.